The largest absolute Gasteiger partial charge is 0.336 e. The highest BCUT2D eigenvalue weighted by Crippen LogP contribution is 2.34. The summed E-state index contributed by atoms with van der Waals surface area (Å²) < 4.78 is 0. The summed E-state index contributed by atoms with van der Waals surface area (Å²) in [5.41, 5.74) is 1.61. The number of rotatable bonds is 3. The highest BCUT2D eigenvalue weighted by Gasteiger charge is 2.41. The lowest BCUT2D eigenvalue weighted by atomic mass is 9.91. The average molecular weight is 400 g/mol. The minimum absolute atomic E-state index is 0.0279. The van der Waals surface area contributed by atoms with Crippen LogP contribution in [0.2, 0.25) is 0 Å². The monoisotopic (exact) mass is 400 g/mol. The molecule has 5 rings (SSSR count). The van der Waals surface area contributed by atoms with Gasteiger partial charge in [0.1, 0.15) is 11.8 Å². The van der Waals surface area contributed by atoms with Crippen molar-refractivity contribution in [2.75, 3.05) is 24.5 Å². The van der Waals surface area contributed by atoms with Crippen molar-refractivity contribution in [2.45, 2.75) is 18.9 Å². The Morgan fingerprint density at radius 2 is 1.87 bits per heavy atom. The molecule has 2 aliphatic rings. The maximum absolute atomic E-state index is 13.4. The molecule has 150 valence electrons. The highest BCUT2D eigenvalue weighted by molar-refractivity contribution is 5.97. The van der Waals surface area contributed by atoms with Crippen LogP contribution >= 0.6 is 0 Å². The molecule has 0 radical (unpaired) electrons. The van der Waals surface area contributed by atoms with Crippen LogP contribution in [0.5, 0.6) is 0 Å². The summed E-state index contributed by atoms with van der Waals surface area (Å²) in [6.07, 6.45) is 6.79. The number of likely N-dealkylation sites (tertiary alicyclic amines) is 1. The third kappa shape index (κ3) is 3.16. The van der Waals surface area contributed by atoms with Crippen LogP contribution in [-0.2, 0) is 0 Å². The zero-order valence-electron chi connectivity index (χ0n) is 16.3. The van der Waals surface area contributed by atoms with Crippen molar-refractivity contribution in [2.24, 2.45) is 5.92 Å². The van der Waals surface area contributed by atoms with Gasteiger partial charge < -0.3 is 9.80 Å². The maximum Gasteiger partial charge on any atom is 0.256 e. The summed E-state index contributed by atoms with van der Waals surface area (Å²) in [5.74, 6) is 1.03. The number of fused-ring (bicyclic) bond motifs is 1. The van der Waals surface area contributed by atoms with E-state index in [1.165, 1.54) is 4.80 Å². The first-order valence-electron chi connectivity index (χ1n) is 9.99. The van der Waals surface area contributed by atoms with Gasteiger partial charge in [0.15, 0.2) is 0 Å². The molecule has 1 amide bonds. The quantitative estimate of drug-likeness (QED) is 0.659. The number of nitrogens with zero attached hydrogens (tertiary/aromatic N) is 8. The van der Waals surface area contributed by atoms with Crippen molar-refractivity contribution < 1.29 is 4.79 Å². The minimum atomic E-state index is -0.0279. The average Bonchev–Trinajstić information content (AvgIpc) is 3.48. The Morgan fingerprint density at radius 3 is 2.70 bits per heavy atom. The van der Waals surface area contributed by atoms with Crippen molar-refractivity contribution in [3.05, 3.63) is 60.2 Å². The van der Waals surface area contributed by atoms with Gasteiger partial charge in [-0.3, -0.25) is 4.79 Å². The molecule has 0 unspecified atom stereocenters. The van der Waals surface area contributed by atoms with Gasteiger partial charge in [-0.1, -0.05) is 12.1 Å². The molecule has 3 aromatic rings. The van der Waals surface area contributed by atoms with Gasteiger partial charge in [-0.2, -0.15) is 20.3 Å². The standard InChI is InChI=1S/C21H20N8O/c22-13-16-5-8-23-21(26-16)28-12-7-15-6-11-27(14-19(15)28)20(30)17-3-1-2-4-18(17)29-24-9-10-25-29/h1-5,8-10,15,19H,6-7,11-12,14H2/t15-,19-/m0/s1. The van der Waals surface area contributed by atoms with E-state index in [-0.39, 0.29) is 11.9 Å². The maximum atomic E-state index is 13.4. The van der Waals surface area contributed by atoms with E-state index < -0.39 is 0 Å². The smallest absolute Gasteiger partial charge is 0.256 e. The molecule has 0 saturated carbocycles. The normalized spacial score (nSPS) is 20.6. The van der Waals surface area contributed by atoms with E-state index in [0.29, 0.717) is 41.9 Å². The number of amides is 1. The summed E-state index contributed by atoms with van der Waals surface area (Å²) in [5, 5.41) is 17.5. The van der Waals surface area contributed by atoms with Crippen LogP contribution in [-0.4, -0.2) is 61.4 Å². The number of piperidine rings is 1. The van der Waals surface area contributed by atoms with Gasteiger partial charge in [0.25, 0.3) is 5.91 Å². The number of benzene rings is 1. The van der Waals surface area contributed by atoms with Crippen LogP contribution in [0.4, 0.5) is 5.95 Å². The van der Waals surface area contributed by atoms with Gasteiger partial charge in [0.05, 0.1) is 29.7 Å². The van der Waals surface area contributed by atoms with E-state index in [2.05, 4.69) is 31.1 Å². The van der Waals surface area contributed by atoms with Crippen molar-refractivity contribution in [3.8, 4) is 11.8 Å². The van der Waals surface area contributed by atoms with Gasteiger partial charge >= 0.3 is 0 Å². The number of carbonyl (C=O) groups excluding carboxylic acids is 1. The van der Waals surface area contributed by atoms with E-state index in [4.69, 9.17) is 5.26 Å². The molecule has 0 spiro atoms. The summed E-state index contributed by atoms with van der Waals surface area (Å²) in [7, 11) is 0. The Hall–Kier alpha value is -3.80. The second-order valence-electron chi connectivity index (χ2n) is 7.54. The van der Waals surface area contributed by atoms with Gasteiger partial charge in [-0.15, -0.1) is 0 Å². The lowest BCUT2D eigenvalue weighted by Crippen LogP contribution is -2.50. The highest BCUT2D eigenvalue weighted by atomic mass is 16.2. The fourth-order valence-corrected chi connectivity index (χ4v) is 4.46. The topological polar surface area (TPSA) is 104 Å². The molecule has 9 heteroatoms. The lowest BCUT2D eigenvalue weighted by Gasteiger charge is -2.38. The second kappa shape index (κ2) is 7.55. The zero-order chi connectivity index (χ0) is 20.5. The van der Waals surface area contributed by atoms with Crippen molar-refractivity contribution >= 4 is 11.9 Å². The molecule has 9 nitrogen and oxygen atoms in total. The summed E-state index contributed by atoms with van der Waals surface area (Å²) in [6, 6.07) is 11.2. The molecule has 2 aliphatic heterocycles. The molecule has 0 bridgehead atoms. The molecule has 2 fully saturated rings. The third-order valence-corrected chi connectivity index (χ3v) is 5.93. The van der Waals surface area contributed by atoms with Crippen LogP contribution in [0.1, 0.15) is 28.9 Å². The number of anilines is 1. The number of nitriles is 1. The van der Waals surface area contributed by atoms with Crippen LogP contribution < -0.4 is 4.90 Å². The van der Waals surface area contributed by atoms with Crippen LogP contribution in [0.3, 0.4) is 0 Å². The van der Waals surface area contributed by atoms with Crippen LogP contribution in [0.25, 0.3) is 5.69 Å². The van der Waals surface area contributed by atoms with Crippen LogP contribution in [0, 0.1) is 17.2 Å². The van der Waals surface area contributed by atoms with Gasteiger partial charge in [-0.05, 0) is 37.0 Å². The van der Waals surface area contributed by atoms with Crippen molar-refractivity contribution in [1.82, 2.24) is 29.9 Å². The summed E-state index contributed by atoms with van der Waals surface area (Å²) >= 11 is 0. The zero-order valence-corrected chi connectivity index (χ0v) is 16.3. The molecule has 2 saturated heterocycles. The molecule has 1 aromatic carbocycles. The molecule has 2 atom stereocenters. The number of hydrogen-bond acceptors (Lipinski definition) is 7. The predicted octanol–water partition coefficient (Wildman–Crippen LogP) is 1.67. The molecular weight excluding hydrogens is 380 g/mol. The number of para-hydroxylation sites is 1. The fourth-order valence-electron chi connectivity index (χ4n) is 4.46. The van der Waals surface area contributed by atoms with E-state index in [1.807, 2.05) is 29.2 Å². The van der Waals surface area contributed by atoms with Gasteiger partial charge in [0, 0.05) is 25.8 Å². The number of hydrogen-bond donors (Lipinski definition) is 0. The first-order chi connectivity index (χ1) is 14.7. The van der Waals surface area contributed by atoms with E-state index in [9.17, 15) is 4.79 Å². The predicted molar refractivity (Wildman–Crippen MR) is 108 cm³/mol. The summed E-state index contributed by atoms with van der Waals surface area (Å²) in [4.78, 5) is 27.7. The second-order valence-corrected chi connectivity index (χ2v) is 7.54. The Labute approximate surface area is 173 Å². The number of aromatic nitrogens is 5. The Kier molecular flexibility index (Phi) is 4.59. The molecule has 4 heterocycles. The molecule has 0 N–H and O–H groups in total. The van der Waals surface area contributed by atoms with E-state index in [0.717, 1.165) is 19.4 Å². The summed E-state index contributed by atoms with van der Waals surface area (Å²) in [6.45, 7) is 2.15. The molecule has 0 aliphatic carbocycles. The van der Waals surface area contributed by atoms with E-state index >= 15 is 0 Å². The lowest BCUT2D eigenvalue weighted by molar-refractivity contribution is 0.0678. The number of carbonyl (C=O) groups is 1. The third-order valence-electron chi connectivity index (χ3n) is 5.93. The Morgan fingerprint density at radius 1 is 1.07 bits per heavy atom. The molecule has 2 aromatic heterocycles. The first-order valence-corrected chi connectivity index (χ1v) is 9.99. The van der Waals surface area contributed by atoms with Crippen molar-refractivity contribution in [3.63, 3.8) is 0 Å². The minimum Gasteiger partial charge on any atom is -0.336 e. The first kappa shape index (κ1) is 18.2. The Bertz CT molecular complexity index is 1110. The van der Waals surface area contributed by atoms with Crippen LogP contribution in [0.15, 0.2) is 48.9 Å². The van der Waals surface area contributed by atoms with Gasteiger partial charge in [-0.25, -0.2) is 9.97 Å². The fraction of sp³-hybridized carbons (Fsp3) is 0.333. The SMILES string of the molecule is N#Cc1ccnc(N2CC[C@@H]3CCN(C(=O)c4ccccc4-n4nccn4)C[C@@H]32)n1. The molecular formula is C21H20N8O. The van der Waals surface area contributed by atoms with Crippen molar-refractivity contribution in [1.29, 1.82) is 5.26 Å². The molecule has 30 heavy (non-hydrogen) atoms. The Balaban J connectivity index is 1.40. The van der Waals surface area contributed by atoms with Gasteiger partial charge in [0.2, 0.25) is 5.95 Å². The van der Waals surface area contributed by atoms with E-state index in [1.54, 1.807) is 24.7 Å².